The Kier molecular flexibility index (Phi) is 3.47. The van der Waals surface area contributed by atoms with E-state index in [-0.39, 0.29) is 17.4 Å². The third kappa shape index (κ3) is 2.66. The molecular weight excluding hydrogens is 347 g/mol. The van der Waals surface area contributed by atoms with Crippen LogP contribution < -0.4 is 4.90 Å². The Hall–Kier alpha value is -1.50. The molecule has 0 radical (unpaired) electrons. The SMILES string of the molecule is Cn1ccnc1-c1cc(F)c(Br)c(N2CCC(F)(F)C2)c1. The molecule has 1 aliphatic heterocycles. The van der Waals surface area contributed by atoms with Crippen LogP contribution in [0.4, 0.5) is 18.9 Å². The molecule has 0 unspecified atom stereocenters. The number of halogens is 4. The Labute approximate surface area is 128 Å². The molecule has 1 aliphatic rings. The highest BCUT2D eigenvalue weighted by Crippen LogP contribution is 2.38. The zero-order valence-corrected chi connectivity index (χ0v) is 12.9. The lowest BCUT2D eigenvalue weighted by molar-refractivity contribution is 0.0257. The highest BCUT2D eigenvalue weighted by atomic mass is 79.9. The predicted molar refractivity (Wildman–Crippen MR) is 78.1 cm³/mol. The van der Waals surface area contributed by atoms with E-state index < -0.39 is 18.3 Å². The quantitative estimate of drug-likeness (QED) is 0.812. The van der Waals surface area contributed by atoms with Crippen LogP contribution in [0, 0.1) is 5.82 Å². The van der Waals surface area contributed by atoms with E-state index >= 15 is 0 Å². The Morgan fingerprint density at radius 2 is 2.10 bits per heavy atom. The van der Waals surface area contributed by atoms with Crippen molar-refractivity contribution in [3.63, 3.8) is 0 Å². The number of alkyl halides is 2. The van der Waals surface area contributed by atoms with Gasteiger partial charge in [-0.15, -0.1) is 0 Å². The number of benzene rings is 1. The van der Waals surface area contributed by atoms with Crippen molar-refractivity contribution in [1.29, 1.82) is 0 Å². The van der Waals surface area contributed by atoms with Crippen molar-refractivity contribution in [2.75, 3.05) is 18.0 Å². The minimum Gasteiger partial charge on any atom is -0.364 e. The molecule has 1 aromatic carbocycles. The molecule has 1 aromatic heterocycles. The van der Waals surface area contributed by atoms with Gasteiger partial charge in [-0.05, 0) is 28.1 Å². The molecule has 0 atom stereocenters. The number of anilines is 1. The summed E-state index contributed by atoms with van der Waals surface area (Å²) in [5, 5.41) is 0. The van der Waals surface area contributed by atoms with E-state index in [1.165, 1.54) is 11.0 Å². The lowest BCUT2D eigenvalue weighted by Gasteiger charge is -2.21. The van der Waals surface area contributed by atoms with Crippen molar-refractivity contribution < 1.29 is 13.2 Å². The van der Waals surface area contributed by atoms with Crippen LogP contribution in [0.5, 0.6) is 0 Å². The fourth-order valence-electron chi connectivity index (χ4n) is 2.52. The van der Waals surface area contributed by atoms with Gasteiger partial charge in [0.2, 0.25) is 0 Å². The van der Waals surface area contributed by atoms with Gasteiger partial charge >= 0.3 is 0 Å². The molecule has 0 aliphatic carbocycles. The van der Waals surface area contributed by atoms with Crippen molar-refractivity contribution in [2.45, 2.75) is 12.3 Å². The Bertz CT molecular complexity index is 684. The normalized spacial score (nSPS) is 17.5. The van der Waals surface area contributed by atoms with E-state index in [0.717, 1.165) is 0 Å². The van der Waals surface area contributed by atoms with Crippen LogP contribution in [0.1, 0.15) is 6.42 Å². The van der Waals surface area contributed by atoms with Gasteiger partial charge in [-0.2, -0.15) is 0 Å². The lowest BCUT2D eigenvalue weighted by Crippen LogP contribution is -2.25. The summed E-state index contributed by atoms with van der Waals surface area (Å²) in [5.41, 5.74) is 0.999. The van der Waals surface area contributed by atoms with Gasteiger partial charge in [-0.3, -0.25) is 0 Å². The minimum atomic E-state index is -2.73. The van der Waals surface area contributed by atoms with Crippen molar-refractivity contribution in [3.05, 3.63) is 34.8 Å². The third-order valence-electron chi connectivity index (χ3n) is 3.60. The number of imidazole rings is 1. The first-order valence-corrected chi connectivity index (χ1v) is 7.26. The van der Waals surface area contributed by atoms with Crippen LogP contribution >= 0.6 is 15.9 Å². The van der Waals surface area contributed by atoms with E-state index in [9.17, 15) is 13.2 Å². The molecule has 1 saturated heterocycles. The van der Waals surface area contributed by atoms with E-state index in [2.05, 4.69) is 20.9 Å². The maximum absolute atomic E-state index is 14.1. The number of rotatable bonds is 2. The largest absolute Gasteiger partial charge is 0.364 e. The van der Waals surface area contributed by atoms with Gasteiger partial charge in [0.1, 0.15) is 11.6 Å². The van der Waals surface area contributed by atoms with Crippen LogP contribution in [0.2, 0.25) is 0 Å². The summed E-state index contributed by atoms with van der Waals surface area (Å²) in [6.07, 6.45) is 3.14. The highest BCUT2D eigenvalue weighted by Gasteiger charge is 2.39. The van der Waals surface area contributed by atoms with Gasteiger partial charge in [0.15, 0.2) is 0 Å². The molecule has 0 amide bonds. The molecule has 1 fully saturated rings. The summed E-state index contributed by atoms with van der Waals surface area (Å²) < 4.78 is 42.8. The molecule has 0 spiro atoms. The Balaban J connectivity index is 2.05. The van der Waals surface area contributed by atoms with Gasteiger partial charge in [0.25, 0.3) is 5.92 Å². The zero-order valence-electron chi connectivity index (χ0n) is 11.3. The number of hydrogen-bond acceptors (Lipinski definition) is 2. The van der Waals surface area contributed by atoms with Crippen LogP contribution in [-0.2, 0) is 7.05 Å². The van der Waals surface area contributed by atoms with Gasteiger partial charge < -0.3 is 9.47 Å². The number of hydrogen-bond donors (Lipinski definition) is 0. The second-order valence-corrected chi connectivity index (χ2v) is 5.97. The second-order valence-electron chi connectivity index (χ2n) is 5.18. The van der Waals surface area contributed by atoms with Crippen molar-refractivity contribution in [2.24, 2.45) is 7.05 Å². The minimum absolute atomic E-state index is 0.203. The maximum Gasteiger partial charge on any atom is 0.266 e. The average Bonchev–Trinajstić information content (AvgIpc) is 2.98. The average molecular weight is 360 g/mol. The van der Waals surface area contributed by atoms with Crippen molar-refractivity contribution in [1.82, 2.24) is 9.55 Å². The number of nitrogens with zero attached hydrogens (tertiary/aromatic N) is 3. The van der Waals surface area contributed by atoms with Gasteiger partial charge in [-0.1, -0.05) is 0 Å². The summed E-state index contributed by atoms with van der Waals surface area (Å²) in [5.74, 6) is -2.62. The summed E-state index contributed by atoms with van der Waals surface area (Å²) in [6, 6.07) is 3.04. The van der Waals surface area contributed by atoms with Gasteiger partial charge in [0.05, 0.1) is 16.7 Å². The van der Waals surface area contributed by atoms with Crippen LogP contribution in [0.25, 0.3) is 11.4 Å². The monoisotopic (exact) mass is 359 g/mol. The highest BCUT2D eigenvalue weighted by molar-refractivity contribution is 9.10. The van der Waals surface area contributed by atoms with Crippen molar-refractivity contribution in [3.8, 4) is 11.4 Å². The molecule has 21 heavy (non-hydrogen) atoms. The van der Waals surface area contributed by atoms with Crippen LogP contribution in [0.15, 0.2) is 29.0 Å². The first-order valence-electron chi connectivity index (χ1n) is 6.47. The Morgan fingerprint density at radius 3 is 2.67 bits per heavy atom. The van der Waals surface area contributed by atoms with Gasteiger partial charge in [0, 0.05) is 38.0 Å². The first-order chi connectivity index (χ1) is 9.87. The summed E-state index contributed by atoms with van der Waals surface area (Å²) in [4.78, 5) is 5.67. The maximum atomic E-state index is 14.1. The molecule has 3 nitrogen and oxygen atoms in total. The molecule has 3 rings (SSSR count). The second kappa shape index (κ2) is 5.05. The Morgan fingerprint density at radius 1 is 1.33 bits per heavy atom. The van der Waals surface area contributed by atoms with Crippen LogP contribution in [0.3, 0.4) is 0 Å². The number of aromatic nitrogens is 2. The van der Waals surface area contributed by atoms with E-state index in [1.807, 2.05) is 0 Å². The summed E-state index contributed by atoms with van der Waals surface area (Å²) in [7, 11) is 1.80. The molecule has 7 heteroatoms. The van der Waals surface area contributed by atoms with Crippen LogP contribution in [-0.4, -0.2) is 28.6 Å². The van der Waals surface area contributed by atoms with Crippen molar-refractivity contribution >= 4 is 21.6 Å². The molecular formula is C14H13BrF3N3. The van der Waals surface area contributed by atoms with Gasteiger partial charge in [-0.25, -0.2) is 18.2 Å². The summed E-state index contributed by atoms with van der Waals surface area (Å²) >= 11 is 3.15. The molecule has 112 valence electrons. The van der Waals surface area contributed by atoms with E-state index in [1.54, 1.807) is 30.1 Å². The smallest absolute Gasteiger partial charge is 0.266 e. The molecule has 2 heterocycles. The fourth-order valence-corrected chi connectivity index (χ4v) is 3.00. The van der Waals surface area contributed by atoms with E-state index in [4.69, 9.17) is 0 Å². The standard InChI is InChI=1S/C14H13BrF3N3/c1-20-5-3-19-13(20)9-6-10(16)12(15)11(7-9)21-4-2-14(17,18)8-21/h3,5-7H,2,4,8H2,1H3. The molecule has 0 bridgehead atoms. The summed E-state index contributed by atoms with van der Waals surface area (Å²) in [6.45, 7) is -0.190. The first kappa shape index (κ1) is 14.4. The zero-order chi connectivity index (χ0) is 15.2. The third-order valence-corrected chi connectivity index (χ3v) is 4.38. The number of aryl methyl sites for hydroxylation is 1. The lowest BCUT2D eigenvalue weighted by atomic mass is 10.1. The fraction of sp³-hybridized carbons (Fsp3) is 0.357. The van der Waals surface area contributed by atoms with E-state index in [0.29, 0.717) is 17.1 Å². The predicted octanol–water partition coefficient (Wildman–Crippen LogP) is 3.83. The molecule has 0 saturated carbocycles. The molecule has 2 aromatic rings. The topological polar surface area (TPSA) is 21.1 Å². The molecule has 0 N–H and O–H groups in total.